The van der Waals surface area contributed by atoms with Gasteiger partial charge in [0.1, 0.15) is 0 Å². The normalized spacial score (nSPS) is 15.0. The Hall–Kier alpha value is -0.200. The van der Waals surface area contributed by atoms with Crippen molar-refractivity contribution in [2.45, 2.75) is 71.7 Å². The molecule has 0 saturated carbocycles. The van der Waals surface area contributed by atoms with Crippen molar-refractivity contribution in [2.24, 2.45) is 0 Å². The van der Waals surface area contributed by atoms with Crippen molar-refractivity contribution >= 4 is 0 Å². The van der Waals surface area contributed by atoms with Crippen molar-refractivity contribution in [1.82, 2.24) is 0 Å². The topological polar surface area (TPSA) is 68.2 Å². The highest BCUT2D eigenvalue weighted by molar-refractivity contribution is 4.52. The van der Waals surface area contributed by atoms with Crippen LogP contribution in [0.1, 0.15) is 53.4 Å². The summed E-state index contributed by atoms with van der Waals surface area (Å²) in [5.41, 5.74) is 0. The molecule has 5 nitrogen and oxygen atoms in total. The van der Waals surface area contributed by atoms with E-state index in [9.17, 15) is 0 Å². The Labute approximate surface area is 130 Å². The fourth-order valence-electron chi connectivity index (χ4n) is 1.38. The van der Waals surface area contributed by atoms with E-state index in [0.29, 0.717) is 13.2 Å². The highest BCUT2D eigenvalue weighted by Gasteiger charge is 2.06. The van der Waals surface area contributed by atoms with Gasteiger partial charge in [-0.25, -0.2) is 0 Å². The number of aliphatic hydroxyl groups is 2. The number of hydrogen-bond donors (Lipinski definition) is 2. The van der Waals surface area contributed by atoms with E-state index < -0.39 is 6.10 Å². The van der Waals surface area contributed by atoms with Crippen LogP contribution in [0.15, 0.2) is 0 Å². The first-order valence-corrected chi connectivity index (χ1v) is 7.98. The summed E-state index contributed by atoms with van der Waals surface area (Å²) in [6.45, 7) is 9.25. The summed E-state index contributed by atoms with van der Waals surface area (Å²) in [5, 5.41) is 17.6. The van der Waals surface area contributed by atoms with Crippen molar-refractivity contribution < 1.29 is 24.4 Å². The van der Waals surface area contributed by atoms with Crippen molar-refractivity contribution in [1.29, 1.82) is 0 Å². The van der Waals surface area contributed by atoms with Gasteiger partial charge in [0.05, 0.1) is 38.1 Å². The summed E-state index contributed by atoms with van der Waals surface area (Å²) in [5.74, 6) is 0. The predicted molar refractivity (Wildman–Crippen MR) is 85.6 cm³/mol. The van der Waals surface area contributed by atoms with Crippen molar-refractivity contribution in [3.63, 3.8) is 0 Å². The molecule has 0 radical (unpaired) electrons. The van der Waals surface area contributed by atoms with E-state index in [-0.39, 0.29) is 18.8 Å². The second-order valence-corrected chi connectivity index (χ2v) is 5.37. The molecule has 0 heterocycles. The second kappa shape index (κ2) is 17.9. The molecule has 3 atom stereocenters. The zero-order valence-corrected chi connectivity index (χ0v) is 14.5. The average Bonchev–Trinajstić information content (AvgIpc) is 2.47. The number of methoxy groups -OCH3 is 1. The lowest BCUT2D eigenvalue weighted by Gasteiger charge is -2.16. The average molecular weight is 308 g/mol. The summed E-state index contributed by atoms with van der Waals surface area (Å²) in [6.07, 6.45) is 4.56. The minimum atomic E-state index is -0.447. The second-order valence-electron chi connectivity index (χ2n) is 5.37. The number of rotatable bonds is 12. The van der Waals surface area contributed by atoms with Crippen LogP contribution < -0.4 is 0 Å². The molecule has 0 aromatic carbocycles. The monoisotopic (exact) mass is 308 g/mol. The molecule has 21 heavy (non-hydrogen) atoms. The number of aliphatic hydroxyl groups excluding tert-OH is 2. The Balaban J connectivity index is 0. The first-order chi connectivity index (χ1) is 9.97. The van der Waals surface area contributed by atoms with E-state index in [1.165, 1.54) is 25.7 Å². The van der Waals surface area contributed by atoms with E-state index in [2.05, 4.69) is 6.92 Å². The van der Waals surface area contributed by atoms with Gasteiger partial charge in [-0.15, -0.1) is 0 Å². The number of ether oxygens (including phenoxy) is 3. The molecule has 0 aliphatic carbocycles. The highest BCUT2D eigenvalue weighted by Crippen LogP contribution is 1.98. The van der Waals surface area contributed by atoms with Gasteiger partial charge in [-0.1, -0.05) is 26.2 Å². The number of unbranched alkanes of at least 4 members (excludes halogenated alkanes) is 3. The summed E-state index contributed by atoms with van der Waals surface area (Å²) in [4.78, 5) is 0. The molecule has 0 saturated heterocycles. The molecule has 3 unspecified atom stereocenters. The molecule has 0 amide bonds. The molecule has 2 N–H and O–H groups in total. The van der Waals surface area contributed by atoms with Crippen LogP contribution in [0.5, 0.6) is 0 Å². The van der Waals surface area contributed by atoms with E-state index in [1.54, 1.807) is 21.0 Å². The third kappa shape index (κ3) is 22.2. The van der Waals surface area contributed by atoms with Crippen molar-refractivity contribution in [2.75, 3.05) is 33.5 Å². The van der Waals surface area contributed by atoms with Crippen LogP contribution in [0.3, 0.4) is 0 Å². The summed E-state index contributed by atoms with van der Waals surface area (Å²) in [6, 6.07) is 0. The van der Waals surface area contributed by atoms with Crippen LogP contribution in [0.4, 0.5) is 0 Å². The Bertz CT molecular complexity index is 182. The third-order valence-corrected chi connectivity index (χ3v) is 2.70. The van der Waals surface area contributed by atoms with Gasteiger partial charge in [0.25, 0.3) is 0 Å². The SMILES string of the molecule is CC(O)COC(C)COC(C)CO.CCCCCCOC. The van der Waals surface area contributed by atoms with E-state index in [0.717, 1.165) is 6.61 Å². The highest BCUT2D eigenvalue weighted by atomic mass is 16.5. The molecular formula is C16H36O5. The van der Waals surface area contributed by atoms with Gasteiger partial charge < -0.3 is 24.4 Å². The minimum absolute atomic E-state index is 0.0170. The van der Waals surface area contributed by atoms with E-state index in [4.69, 9.17) is 24.4 Å². The summed E-state index contributed by atoms with van der Waals surface area (Å²) < 4.78 is 15.4. The van der Waals surface area contributed by atoms with Crippen LogP contribution in [-0.4, -0.2) is 62.1 Å². The molecule has 0 aromatic rings. The molecule has 0 aliphatic heterocycles. The maximum Gasteiger partial charge on any atom is 0.0781 e. The van der Waals surface area contributed by atoms with Crippen LogP contribution in [-0.2, 0) is 14.2 Å². The van der Waals surface area contributed by atoms with Gasteiger partial charge in [-0.3, -0.25) is 0 Å². The Morgan fingerprint density at radius 2 is 1.52 bits per heavy atom. The lowest BCUT2D eigenvalue weighted by Crippen LogP contribution is -2.24. The summed E-state index contributed by atoms with van der Waals surface area (Å²) >= 11 is 0. The lowest BCUT2D eigenvalue weighted by atomic mass is 10.2. The van der Waals surface area contributed by atoms with Gasteiger partial charge in [0.15, 0.2) is 0 Å². The van der Waals surface area contributed by atoms with Crippen molar-refractivity contribution in [3.8, 4) is 0 Å². The minimum Gasteiger partial charge on any atom is -0.394 e. The summed E-state index contributed by atoms with van der Waals surface area (Å²) in [7, 11) is 1.76. The van der Waals surface area contributed by atoms with Crippen LogP contribution in [0.2, 0.25) is 0 Å². The first-order valence-electron chi connectivity index (χ1n) is 7.98. The van der Waals surface area contributed by atoms with Crippen LogP contribution in [0, 0.1) is 0 Å². The first kappa shape index (κ1) is 23.1. The standard InChI is InChI=1S/C9H20O4.C7H16O/c1-7(11)5-12-9(3)6-13-8(2)4-10;1-3-4-5-6-7-8-2/h7-11H,4-6H2,1-3H3;3-7H2,1-2H3. The van der Waals surface area contributed by atoms with Gasteiger partial charge in [0, 0.05) is 13.7 Å². The molecule has 0 fully saturated rings. The lowest BCUT2D eigenvalue weighted by molar-refractivity contribution is -0.0620. The van der Waals surface area contributed by atoms with Crippen molar-refractivity contribution in [3.05, 3.63) is 0 Å². The number of hydrogen-bond acceptors (Lipinski definition) is 5. The molecule has 0 rings (SSSR count). The third-order valence-electron chi connectivity index (χ3n) is 2.70. The maximum absolute atomic E-state index is 8.92. The van der Waals surface area contributed by atoms with Crippen LogP contribution in [0.25, 0.3) is 0 Å². The van der Waals surface area contributed by atoms with Gasteiger partial charge in [0.2, 0.25) is 0 Å². The predicted octanol–water partition coefficient (Wildman–Crippen LogP) is 2.38. The smallest absolute Gasteiger partial charge is 0.0781 e. The zero-order chi connectivity index (χ0) is 16.5. The Morgan fingerprint density at radius 1 is 0.905 bits per heavy atom. The zero-order valence-electron chi connectivity index (χ0n) is 14.5. The van der Waals surface area contributed by atoms with Gasteiger partial charge >= 0.3 is 0 Å². The molecule has 0 spiro atoms. The van der Waals surface area contributed by atoms with Crippen LogP contribution >= 0.6 is 0 Å². The molecular weight excluding hydrogens is 272 g/mol. The quantitative estimate of drug-likeness (QED) is 0.542. The molecule has 0 bridgehead atoms. The van der Waals surface area contributed by atoms with Gasteiger partial charge in [-0.2, -0.15) is 0 Å². The fourth-order valence-corrected chi connectivity index (χ4v) is 1.38. The molecule has 5 heteroatoms. The Morgan fingerprint density at radius 3 is 2.00 bits per heavy atom. The molecule has 130 valence electrons. The fraction of sp³-hybridized carbons (Fsp3) is 1.00. The largest absolute Gasteiger partial charge is 0.394 e. The molecule has 0 aromatic heterocycles. The van der Waals surface area contributed by atoms with Gasteiger partial charge in [-0.05, 0) is 27.2 Å². The Kier molecular flexibility index (Phi) is 19.6. The molecule has 0 aliphatic rings. The van der Waals surface area contributed by atoms with E-state index >= 15 is 0 Å². The van der Waals surface area contributed by atoms with E-state index in [1.807, 2.05) is 6.92 Å². The maximum atomic E-state index is 8.92.